The number of likely N-dealkylation sites (tertiary alicyclic amines) is 1. The summed E-state index contributed by atoms with van der Waals surface area (Å²) in [6.45, 7) is 8.58. The molecule has 1 heterocycles. The quantitative estimate of drug-likeness (QED) is 0.421. The molecule has 0 spiro atoms. The summed E-state index contributed by atoms with van der Waals surface area (Å²) in [7, 11) is 0. The Hall–Kier alpha value is -1.08. The third-order valence-electron chi connectivity index (χ3n) is 6.81. The van der Waals surface area contributed by atoms with Crippen LogP contribution in [0.4, 0.5) is 0 Å². The van der Waals surface area contributed by atoms with Gasteiger partial charge in [0, 0.05) is 12.0 Å². The predicted octanol–water partition coefficient (Wildman–Crippen LogP) is 6.74. The molecule has 1 aliphatic carbocycles. The topological polar surface area (TPSA) is 3.24 Å². The molecule has 2 atom stereocenters. The lowest BCUT2D eigenvalue weighted by atomic mass is 9.62. The molecular formula is C25H39N. The van der Waals surface area contributed by atoms with Crippen LogP contribution in [0.25, 0.3) is 0 Å². The van der Waals surface area contributed by atoms with Crippen molar-refractivity contribution in [2.75, 3.05) is 19.6 Å². The minimum absolute atomic E-state index is 0.243. The van der Waals surface area contributed by atoms with Gasteiger partial charge in [-0.1, -0.05) is 75.1 Å². The van der Waals surface area contributed by atoms with Crippen molar-refractivity contribution < 1.29 is 0 Å². The van der Waals surface area contributed by atoms with Crippen molar-refractivity contribution in [1.29, 1.82) is 0 Å². The molecule has 0 saturated carbocycles. The zero-order valence-corrected chi connectivity index (χ0v) is 17.2. The first kappa shape index (κ1) is 19.7. The van der Waals surface area contributed by atoms with Gasteiger partial charge in [-0.3, -0.25) is 0 Å². The summed E-state index contributed by atoms with van der Waals surface area (Å²) in [5, 5.41) is 0. The molecule has 2 unspecified atom stereocenters. The molecule has 0 amide bonds. The second kappa shape index (κ2) is 9.74. The summed E-state index contributed by atoms with van der Waals surface area (Å²) in [6.07, 6.45) is 16.1. The predicted molar refractivity (Wildman–Crippen MR) is 114 cm³/mol. The molecule has 1 nitrogen and oxygen atoms in total. The van der Waals surface area contributed by atoms with Gasteiger partial charge in [0.15, 0.2) is 0 Å². The molecule has 1 heteroatoms. The first-order valence-corrected chi connectivity index (χ1v) is 11.3. The van der Waals surface area contributed by atoms with Crippen LogP contribution in [0.3, 0.4) is 0 Å². The zero-order chi connectivity index (χ0) is 18.2. The van der Waals surface area contributed by atoms with E-state index in [1.54, 1.807) is 11.1 Å². The largest absolute Gasteiger partial charge is 0.302 e. The highest BCUT2D eigenvalue weighted by molar-refractivity contribution is 5.40. The van der Waals surface area contributed by atoms with E-state index in [1.807, 2.05) is 0 Å². The number of unbranched alkanes of at least 4 members (excludes halogenated alkanes) is 1. The highest BCUT2D eigenvalue weighted by Gasteiger charge is 2.44. The summed E-state index contributed by atoms with van der Waals surface area (Å²) >= 11 is 0. The van der Waals surface area contributed by atoms with Gasteiger partial charge in [-0.05, 0) is 69.5 Å². The van der Waals surface area contributed by atoms with Crippen LogP contribution >= 0.6 is 0 Å². The number of allylic oxidation sites excluding steroid dienone is 1. The Bertz CT molecular complexity index is 555. The summed E-state index contributed by atoms with van der Waals surface area (Å²) in [5.74, 6) is 0.778. The Morgan fingerprint density at radius 3 is 2.35 bits per heavy atom. The van der Waals surface area contributed by atoms with Crippen molar-refractivity contribution >= 4 is 0 Å². The molecule has 1 aromatic carbocycles. The second-order valence-electron chi connectivity index (χ2n) is 8.57. The van der Waals surface area contributed by atoms with Gasteiger partial charge in [0.05, 0.1) is 0 Å². The van der Waals surface area contributed by atoms with Crippen molar-refractivity contribution in [2.24, 2.45) is 5.92 Å². The zero-order valence-electron chi connectivity index (χ0n) is 17.2. The lowest BCUT2D eigenvalue weighted by Crippen LogP contribution is -2.47. The van der Waals surface area contributed by atoms with Crippen molar-refractivity contribution in [2.45, 2.75) is 83.5 Å². The number of rotatable bonds is 10. The molecule has 1 fully saturated rings. The fraction of sp³-hybridized carbons (Fsp3) is 0.680. The van der Waals surface area contributed by atoms with Gasteiger partial charge in [-0.2, -0.15) is 0 Å². The van der Waals surface area contributed by atoms with Crippen molar-refractivity contribution in [1.82, 2.24) is 4.90 Å². The van der Waals surface area contributed by atoms with E-state index >= 15 is 0 Å². The van der Waals surface area contributed by atoms with E-state index in [2.05, 4.69) is 55.2 Å². The van der Waals surface area contributed by atoms with Gasteiger partial charge < -0.3 is 4.90 Å². The average Bonchev–Trinajstić information content (AvgIpc) is 3.38. The molecule has 0 bridgehead atoms. The van der Waals surface area contributed by atoms with E-state index in [4.69, 9.17) is 0 Å². The van der Waals surface area contributed by atoms with Gasteiger partial charge in [0.25, 0.3) is 0 Å². The fourth-order valence-electron chi connectivity index (χ4n) is 5.55. The molecule has 1 aliphatic heterocycles. The molecule has 2 aliphatic rings. The Morgan fingerprint density at radius 1 is 0.962 bits per heavy atom. The molecule has 0 radical (unpaired) electrons. The lowest BCUT2D eigenvalue weighted by Gasteiger charge is -2.46. The summed E-state index contributed by atoms with van der Waals surface area (Å²) < 4.78 is 0. The minimum Gasteiger partial charge on any atom is -0.302 e. The number of hydrogen-bond acceptors (Lipinski definition) is 1. The maximum Gasteiger partial charge on any atom is 0.0317 e. The molecule has 26 heavy (non-hydrogen) atoms. The molecule has 144 valence electrons. The highest BCUT2D eigenvalue weighted by Crippen LogP contribution is 2.48. The Morgan fingerprint density at radius 2 is 1.73 bits per heavy atom. The smallest absolute Gasteiger partial charge is 0.0317 e. The van der Waals surface area contributed by atoms with Crippen molar-refractivity contribution in [3.05, 3.63) is 47.5 Å². The van der Waals surface area contributed by atoms with Crippen LogP contribution in [0.15, 0.2) is 42.0 Å². The first-order chi connectivity index (χ1) is 12.8. The summed E-state index contributed by atoms with van der Waals surface area (Å²) in [4.78, 5) is 2.78. The first-order valence-electron chi connectivity index (χ1n) is 11.3. The number of hydrogen-bond donors (Lipinski definition) is 0. The minimum atomic E-state index is 0.243. The van der Waals surface area contributed by atoms with Crippen LogP contribution in [0.1, 0.15) is 83.6 Å². The van der Waals surface area contributed by atoms with Gasteiger partial charge in [0.1, 0.15) is 0 Å². The number of benzene rings is 1. The monoisotopic (exact) mass is 353 g/mol. The number of nitrogens with zero attached hydrogens (tertiary/aromatic N) is 1. The van der Waals surface area contributed by atoms with Gasteiger partial charge in [0.2, 0.25) is 0 Å². The van der Waals surface area contributed by atoms with E-state index in [-0.39, 0.29) is 5.41 Å². The Kier molecular flexibility index (Phi) is 7.37. The molecule has 1 aromatic rings. The van der Waals surface area contributed by atoms with Gasteiger partial charge in [-0.25, -0.2) is 0 Å². The van der Waals surface area contributed by atoms with Crippen molar-refractivity contribution in [3.63, 3.8) is 0 Å². The van der Waals surface area contributed by atoms with Crippen LogP contribution in [-0.4, -0.2) is 24.5 Å². The third-order valence-corrected chi connectivity index (χ3v) is 6.81. The second-order valence-corrected chi connectivity index (χ2v) is 8.57. The summed E-state index contributed by atoms with van der Waals surface area (Å²) in [6, 6.07) is 11.6. The molecule has 0 aromatic heterocycles. The highest BCUT2D eigenvalue weighted by atomic mass is 15.1. The van der Waals surface area contributed by atoms with E-state index in [1.165, 1.54) is 83.8 Å². The molecule has 0 N–H and O–H groups in total. The lowest BCUT2D eigenvalue weighted by molar-refractivity contribution is 0.183. The molecular weight excluding hydrogens is 314 g/mol. The van der Waals surface area contributed by atoms with E-state index in [0.717, 1.165) is 5.92 Å². The van der Waals surface area contributed by atoms with Crippen LogP contribution < -0.4 is 0 Å². The Balaban J connectivity index is 2.05. The van der Waals surface area contributed by atoms with Crippen LogP contribution in [0.5, 0.6) is 0 Å². The summed E-state index contributed by atoms with van der Waals surface area (Å²) in [5.41, 5.74) is 3.60. The van der Waals surface area contributed by atoms with Gasteiger partial charge >= 0.3 is 0 Å². The van der Waals surface area contributed by atoms with Crippen LogP contribution in [0, 0.1) is 5.92 Å². The van der Waals surface area contributed by atoms with Gasteiger partial charge in [-0.15, -0.1) is 0 Å². The van der Waals surface area contributed by atoms with E-state index < -0.39 is 0 Å². The van der Waals surface area contributed by atoms with E-state index in [0.29, 0.717) is 0 Å². The van der Waals surface area contributed by atoms with E-state index in [9.17, 15) is 0 Å². The van der Waals surface area contributed by atoms with Crippen LogP contribution in [-0.2, 0) is 5.41 Å². The third kappa shape index (κ3) is 4.25. The standard InChI is InChI=1S/C25H39N/c1-3-5-14-22(13-4-2)25(24-17-9-10-18-24,21-26-19-11-12-20-26)23-15-7-6-8-16-23/h6-8,15-17,22H,3-5,9-14,18-21H2,1-2H3. The molecule has 3 rings (SSSR count). The fourth-order valence-corrected chi connectivity index (χ4v) is 5.55. The molecule has 1 saturated heterocycles. The Labute approximate surface area is 161 Å². The van der Waals surface area contributed by atoms with Crippen LogP contribution in [0.2, 0.25) is 0 Å². The maximum absolute atomic E-state index is 2.78. The average molecular weight is 354 g/mol. The SMILES string of the molecule is CCCCC(CCC)C(CN1CCCC1)(C1=CCCC1)c1ccccc1. The maximum atomic E-state index is 2.78. The normalized spacial score (nSPS) is 21.5. The van der Waals surface area contributed by atoms with Crippen molar-refractivity contribution in [3.8, 4) is 0 Å².